The summed E-state index contributed by atoms with van der Waals surface area (Å²) in [5, 5.41) is 3.62. The van der Waals surface area contributed by atoms with Crippen LogP contribution in [0.25, 0.3) is 27.6 Å². The van der Waals surface area contributed by atoms with E-state index in [0.29, 0.717) is 37.9 Å². The van der Waals surface area contributed by atoms with E-state index in [9.17, 15) is 22.8 Å². The topological polar surface area (TPSA) is 81.8 Å². The number of imidazole rings is 1. The van der Waals surface area contributed by atoms with Crippen LogP contribution in [0, 0.1) is 5.92 Å². The summed E-state index contributed by atoms with van der Waals surface area (Å²) >= 11 is 5.83. The molecule has 5 aromatic rings. The number of fused-ring (bicyclic) bond motifs is 2. The molecule has 11 heteroatoms. The smallest absolute Gasteiger partial charge is 0.349 e. The molecule has 2 aromatic carbocycles. The molecular formula is C30H25ClF3N5O2. The summed E-state index contributed by atoms with van der Waals surface area (Å²) in [5.41, 5.74) is 1.04. The maximum atomic E-state index is 13.8. The monoisotopic (exact) mass is 579 g/mol. The molecule has 3 aromatic heterocycles. The van der Waals surface area contributed by atoms with Gasteiger partial charge in [-0.1, -0.05) is 41.9 Å². The summed E-state index contributed by atoms with van der Waals surface area (Å²) in [5.74, 6) is -0.692. The molecule has 6 rings (SSSR count). The van der Waals surface area contributed by atoms with E-state index in [0.717, 1.165) is 34.2 Å². The van der Waals surface area contributed by atoms with Crippen LogP contribution in [-0.2, 0) is 12.7 Å². The second kappa shape index (κ2) is 10.7. The van der Waals surface area contributed by atoms with E-state index in [2.05, 4.69) is 15.3 Å². The fraction of sp³-hybridized carbons (Fsp3) is 0.267. The first-order valence-electron chi connectivity index (χ1n) is 13.3. The Kier molecular flexibility index (Phi) is 7.03. The largest absolute Gasteiger partial charge is 0.434 e. The highest BCUT2D eigenvalue weighted by atomic mass is 35.5. The van der Waals surface area contributed by atoms with Gasteiger partial charge in [0.1, 0.15) is 0 Å². The van der Waals surface area contributed by atoms with Gasteiger partial charge in [-0.15, -0.1) is 0 Å². The number of benzene rings is 2. The number of nitrogens with one attached hydrogen (secondary N) is 1. The van der Waals surface area contributed by atoms with Gasteiger partial charge < -0.3 is 5.32 Å². The van der Waals surface area contributed by atoms with E-state index in [4.69, 9.17) is 11.6 Å². The van der Waals surface area contributed by atoms with Gasteiger partial charge in [0.2, 0.25) is 0 Å². The Hall–Kier alpha value is -4.18. The summed E-state index contributed by atoms with van der Waals surface area (Å²) in [6.45, 7) is 0.488. The highest BCUT2D eigenvalue weighted by Gasteiger charge is 2.38. The van der Waals surface area contributed by atoms with Crippen molar-refractivity contribution in [3.05, 3.63) is 99.8 Å². The van der Waals surface area contributed by atoms with E-state index >= 15 is 0 Å². The maximum Gasteiger partial charge on any atom is 0.434 e. The van der Waals surface area contributed by atoms with Crippen LogP contribution < -0.4 is 11.0 Å². The molecule has 0 aliphatic heterocycles. The predicted octanol–water partition coefficient (Wildman–Crippen LogP) is 6.40. The molecule has 0 atom stereocenters. The average Bonchev–Trinajstić information content (AvgIpc) is 3.23. The highest BCUT2D eigenvalue weighted by molar-refractivity contribution is 6.30. The normalized spacial score (nSPS) is 17.7. The van der Waals surface area contributed by atoms with Crippen molar-refractivity contribution >= 4 is 39.4 Å². The third kappa shape index (κ3) is 5.19. The Bertz CT molecular complexity index is 1820. The third-order valence-electron chi connectivity index (χ3n) is 7.68. The third-order valence-corrected chi connectivity index (χ3v) is 7.88. The molecule has 1 saturated carbocycles. The maximum absolute atomic E-state index is 13.8. The number of para-hydroxylation sites is 3. The molecular weight excluding hydrogens is 555 g/mol. The molecule has 0 bridgehead atoms. The van der Waals surface area contributed by atoms with Crippen LogP contribution in [0.4, 0.5) is 13.2 Å². The second-order valence-corrected chi connectivity index (χ2v) is 10.7. The summed E-state index contributed by atoms with van der Waals surface area (Å²) < 4.78 is 43.7. The van der Waals surface area contributed by atoms with E-state index < -0.39 is 23.3 Å². The number of carbonyl (C=O) groups is 1. The number of alkyl halides is 3. The number of hydrogen-bond donors (Lipinski definition) is 1. The molecule has 3 heterocycles. The van der Waals surface area contributed by atoms with Gasteiger partial charge in [-0.05, 0) is 61.9 Å². The zero-order chi connectivity index (χ0) is 28.7. The van der Waals surface area contributed by atoms with E-state index in [-0.39, 0.29) is 22.7 Å². The van der Waals surface area contributed by atoms with Crippen LogP contribution >= 0.6 is 11.6 Å². The number of halogens is 4. The minimum absolute atomic E-state index is 0.0456. The fourth-order valence-corrected chi connectivity index (χ4v) is 5.89. The molecule has 1 amide bonds. The number of rotatable bonds is 5. The Morgan fingerprint density at radius 2 is 1.71 bits per heavy atom. The molecule has 0 spiro atoms. The van der Waals surface area contributed by atoms with Crippen molar-refractivity contribution in [2.24, 2.45) is 5.92 Å². The lowest BCUT2D eigenvalue weighted by Crippen LogP contribution is -2.39. The average molecular weight is 580 g/mol. The lowest BCUT2D eigenvalue weighted by Gasteiger charge is -2.29. The van der Waals surface area contributed by atoms with Crippen molar-refractivity contribution in [3.8, 4) is 5.69 Å². The van der Waals surface area contributed by atoms with Gasteiger partial charge in [-0.25, -0.2) is 9.78 Å². The number of nitrogens with zero attached hydrogens (tertiary/aromatic N) is 4. The number of hydrogen-bond acceptors (Lipinski definition) is 4. The molecule has 1 aliphatic carbocycles. The summed E-state index contributed by atoms with van der Waals surface area (Å²) in [7, 11) is 0. The molecule has 7 nitrogen and oxygen atoms in total. The van der Waals surface area contributed by atoms with Crippen LogP contribution in [0.5, 0.6) is 0 Å². The van der Waals surface area contributed by atoms with Gasteiger partial charge in [0.25, 0.3) is 5.91 Å². The Balaban J connectivity index is 1.21. The summed E-state index contributed by atoms with van der Waals surface area (Å²) in [4.78, 5) is 34.5. The Morgan fingerprint density at radius 3 is 2.46 bits per heavy atom. The van der Waals surface area contributed by atoms with E-state index in [1.165, 1.54) is 0 Å². The molecule has 1 aliphatic rings. The zero-order valence-corrected chi connectivity index (χ0v) is 22.5. The van der Waals surface area contributed by atoms with Crippen LogP contribution in [0.2, 0.25) is 5.02 Å². The van der Waals surface area contributed by atoms with Crippen molar-refractivity contribution in [1.82, 2.24) is 24.4 Å². The molecule has 1 fully saturated rings. The van der Waals surface area contributed by atoms with Gasteiger partial charge in [-0.3, -0.25) is 18.9 Å². The van der Waals surface area contributed by atoms with Crippen molar-refractivity contribution in [2.75, 3.05) is 0 Å². The molecule has 0 saturated heterocycles. The lowest BCUT2D eigenvalue weighted by molar-refractivity contribution is -0.141. The van der Waals surface area contributed by atoms with Crippen molar-refractivity contribution in [2.45, 2.75) is 44.4 Å². The first-order valence-corrected chi connectivity index (χ1v) is 13.7. The molecule has 41 heavy (non-hydrogen) atoms. The SMILES string of the molecule is O=C(NC1CCC(Cn2c(=O)n(-c3cccc4cccnc34)c3ccccc32)CC1)c1cc(Cl)cnc1C(F)(F)F. The van der Waals surface area contributed by atoms with Crippen molar-refractivity contribution < 1.29 is 18.0 Å². The number of aromatic nitrogens is 4. The van der Waals surface area contributed by atoms with Crippen LogP contribution in [-0.4, -0.2) is 31.1 Å². The molecule has 210 valence electrons. The standard InChI is InChI=1S/C30H25ClF3N5O2/c31-20-15-22(27(36-16-20)30(32,33)34)28(40)37-21-12-10-18(11-13-21)17-38-23-7-1-2-8-24(23)39(29(38)41)25-9-3-5-19-6-4-14-35-26(19)25/h1-9,14-16,18,21H,10-13,17H2,(H,37,40). The van der Waals surface area contributed by atoms with Crippen molar-refractivity contribution in [3.63, 3.8) is 0 Å². The summed E-state index contributed by atoms with van der Waals surface area (Å²) in [6, 6.07) is 17.9. The van der Waals surface area contributed by atoms with Gasteiger partial charge in [-0.2, -0.15) is 13.2 Å². The van der Waals surface area contributed by atoms with Gasteiger partial charge in [0, 0.05) is 30.4 Å². The first kappa shape index (κ1) is 27.0. The molecule has 1 N–H and O–H groups in total. The predicted molar refractivity (Wildman–Crippen MR) is 150 cm³/mol. The summed E-state index contributed by atoms with van der Waals surface area (Å²) in [6.07, 6.45) is 0.365. The number of amides is 1. The number of pyridine rings is 2. The molecule has 0 radical (unpaired) electrons. The van der Waals surface area contributed by atoms with Crippen LogP contribution in [0.15, 0.2) is 77.9 Å². The zero-order valence-electron chi connectivity index (χ0n) is 21.7. The van der Waals surface area contributed by atoms with E-state index in [1.807, 2.05) is 54.6 Å². The minimum Gasteiger partial charge on any atom is -0.349 e. The fourth-order valence-electron chi connectivity index (χ4n) is 5.74. The van der Waals surface area contributed by atoms with Crippen LogP contribution in [0.3, 0.4) is 0 Å². The lowest BCUT2D eigenvalue weighted by atomic mass is 9.85. The van der Waals surface area contributed by atoms with Crippen molar-refractivity contribution in [1.29, 1.82) is 0 Å². The molecule has 0 unspecified atom stereocenters. The minimum atomic E-state index is -4.77. The van der Waals surface area contributed by atoms with E-state index in [1.54, 1.807) is 15.3 Å². The number of carbonyl (C=O) groups excluding carboxylic acids is 1. The first-order chi connectivity index (χ1) is 19.7. The highest BCUT2D eigenvalue weighted by Crippen LogP contribution is 2.32. The Morgan fingerprint density at radius 1 is 0.976 bits per heavy atom. The Labute approximate surface area is 237 Å². The van der Waals surface area contributed by atoms with Gasteiger partial charge in [0.15, 0.2) is 5.69 Å². The second-order valence-electron chi connectivity index (χ2n) is 10.3. The van der Waals surface area contributed by atoms with Gasteiger partial charge in [0.05, 0.1) is 32.8 Å². The quantitative estimate of drug-likeness (QED) is 0.261. The van der Waals surface area contributed by atoms with Crippen LogP contribution in [0.1, 0.15) is 41.7 Å². The van der Waals surface area contributed by atoms with Gasteiger partial charge >= 0.3 is 11.9 Å².